The smallest absolute Gasteiger partial charge is 0.249 e. The van der Waals surface area contributed by atoms with Gasteiger partial charge in [0.25, 0.3) is 0 Å². The predicted molar refractivity (Wildman–Crippen MR) is 76.1 cm³/mol. The molecule has 0 aliphatic carbocycles. The molecule has 7 heteroatoms. The Morgan fingerprint density at radius 2 is 2.37 bits per heavy atom. The first-order chi connectivity index (χ1) is 9.11. The van der Waals surface area contributed by atoms with E-state index < -0.39 is 6.04 Å². The normalized spacial score (nSPS) is 18.4. The number of rotatable bonds is 3. The number of thioether (sulfide) groups is 1. The Hall–Kier alpha value is -1.27. The van der Waals surface area contributed by atoms with Gasteiger partial charge in [-0.15, -0.1) is 11.8 Å². The highest BCUT2D eigenvalue weighted by Gasteiger charge is 2.33. The van der Waals surface area contributed by atoms with E-state index in [0.29, 0.717) is 28.9 Å². The van der Waals surface area contributed by atoms with Gasteiger partial charge in [0, 0.05) is 18.4 Å². The van der Waals surface area contributed by atoms with Crippen LogP contribution in [0.25, 0.3) is 0 Å². The Labute approximate surface area is 120 Å². The third-order valence-electron chi connectivity index (χ3n) is 2.79. The summed E-state index contributed by atoms with van der Waals surface area (Å²) in [5.74, 6) is 1.41. The number of carbonyl (C=O) groups excluding carboxylic acids is 2. The van der Waals surface area contributed by atoms with Crippen LogP contribution >= 0.6 is 23.4 Å². The lowest BCUT2D eigenvalue weighted by atomic mass is 10.2. The molecule has 0 radical (unpaired) electrons. The maximum Gasteiger partial charge on any atom is 0.249 e. The molecule has 1 aliphatic heterocycles. The van der Waals surface area contributed by atoms with Gasteiger partial charge in [0.05, 0.1) is 10.9 Å². The summed E-state index contributed by atoms with van der Waals surface area (Å²) < 4.78 is 0. The molecule has 5 nitrogen and oxygen atoms in total. The Kier molecular flexibility index (Phi) is 4.66. The number of nitrogens with zero attached hydrogens (tertiary/aromatic N) is 2. The molecular weight excluding hydrogens is 286 g/mol. The van der Waals surface area contributed by atoms with Crippen molar-refractivity contribution >= 4 is 41.0 Å². The number of hydrogen-bond acceptors (Lipinski definition) is 4. The molecule has 1 aromatic heterocycles. The van der Waals surface area contributed by atoms with Gasteiger partial charge in [-0.3, -0.25) is 9.59 Å². The zero-order chi connectivity index (χ0) is 13.8. The second kappa shape index (κ2) is 6.25. The Morgan fingerprint density at radius 3 is 3.00 bits per heavy atom. The fourth-order valence-corrected chi connectivity index (χ4v) is 3.06. The van der Waals surface area contributed by atoms with Crippen LogP contribution in [0, 0.1) is 0 Å². The maximum atomic E-state index is 12.1. The molecule has 1 N–H and O–H groups in total. The first-order valence-electron chi connectivity index (χ1n) is 5.91. The van der Waals surface area contributed by atoms with E-state index in [9.17, 15) is 9.59 Å². The van der Waals surface area contributed by atoms with E-state index in [-0.39, 0.29) is 11.8 Å². The minimum Gasteiger partial charge on any atom is -0.321 e. The summed E-state index contributed by atoms with van der Waals surface area (Å²) >= 11 is 7.31. The second-order valence-corrected chi connectivity index (χ2v) is 5.52. The highest BCUT2D eigenvalue weighted by Crippen LogP contribution is 2.22. The van der Waals surface area contributed by atoms with Crippen molar-refractivity contribution in [2.75, 3.05) is 16.9 Å². The summed E-state index contributed by atoms with van der Waals surface area (Å²) in [6.07, 6.45) is 1.87. The van der Waals surface area contributed by atoms with Crippen LogP contribution in [-0.2, 0) is 9.59 Å². The van der Waals surface area contributed by atoms with Gasteiger partial charge in [0.15, 0.2) is 0 Å². The second-order valence-electron chi connectivity index (χ2n) is 4.08. The average Bonchev–Trinajstić information content (AvgIpc) is 2.90. The van der Waals surface area contributed by atoms with Gasteiger partial charge in [-0.05, 0) is 12.1 Å². The number of nitrogens with one attached hydrogen (secondary N) is 1. The molecule has 1 fully saturated rings. The van der Waals surface area contributed by atoms with Gasteiger partial charge in [-0.25, -0.2) is 4.98 Å². The Bertz CT molecular complexity index is 480. The topological polar surface area (TPSA) is 62.3 Å². The molecule has 0 saturated carbocycles. The molecule has 2 amide bonds. The van der Waals surface area contributed by atoms with Crippen molar-refractivity contribution in [3.05, 3.63) is 23.4 Å². The average molecular weight is 300 g/mol. The van der Waals surface area contributed by atoms with Crippen LogP contribution in [0.2, 0.25) is 5.02 Å². The Morgan fingerprint density at radius 1 is 1.58 bits per heavy atom. The van der Waals surface area contributed by atoms with E-state index in [1.807, 2.05) is 0 Å². The molecular formula is C12H14ClN3O2S. The van der Waals surface area contributed by atoms with Crippen LogP contribution in [-0.4, -0.2) is 39.4 Å². The number of carbonyl (C=O) groups is 2. The molecule has 1 unspecified atom stereocenters. The monoisotopic (exact) mass is 299 g/mol. The quantitative estimate of drug-likeness (QED) is 0.927. The van der Waals surface area contributed by atoms with Gasteiger partial charge in [0.1, 0.15) is 11.9 Å². The van der Waals surface area contributed by atoms with Gasteiger partial charge in [-0.2, -0.15) is 0 Å². The summed E-state index contributed by atoms with van der Waals surface area (Å²) in [5, 5.41) is 3.22. The van der Waals surface area contributed by atoms with Gasteiger partial charge < -0.3 is 10.2 Å². The summed E-state index contributed by atoms with van der Waals surface area (Å²) in [7, 11) is 0. The summed E-state index contributed by atoms with van der Waals surface area (Å²) in [6, 6.07) is 2.87. The van der Waals surface area contributed by atoms with Crippen molar-refractivity contribution in [3.63, 3.8) is 0 Å². The van der Waals surface area contributed by atoms with E-state index >= 15 is 0 Å². The van der Waals surface area contributed by atoms with Crippen molar-refractivity contribution in [3.8, 4) is 0 Å². The van der Waals surface area contributed by atoms with E-state index in [1.165, 1.54) is 6.20 Å². The van der Waals surface area contributed by atoms with E-state index in [1.54, 1.807) is 35.7 Å². The van der Waals surface area contributed by atoms with E-state index in [2.05, 4.69) is 10.3 Å². The van der Waals surface area contributed by atoms with Crippen LogP contribution in [0.5, 0.6) is 0 Å². The Balaban J connectivity index is 2.03. The minimum absolute atomic E-state index is 0.00536. The third-order valence-corrected chi connectivity index (χ3v) is 4.02. The van der Waals surface area contributed by atoms with Crippen molar-refractivity contribution in [1.29, 1.82) is 0 Å². The molecule has 0 aromatic carbocycles. The number of amides is 2. The lowest BCUT2D eigenvalue weighted by Gasteiger charge is -2.22. The summed E-state index contributed by atoms with van der Waals surface area (Å²) in [5.41, 5.74) is 0. The van der Waals surface area contributed by atoms with Gasteiger partial charge >= 0.3 is 0 Å². The minimum atomic E-state index is -0.421. The van der Waals surface area contributed by atoms with Crippen LogP contribution in [0.15, 0.2) is 18.3 Å². The number of anilines is 1. The fraction of sp³-hybridized carbons (Fsp3) is 0.417. The van der Waals surface area contributed by atoms with Crippen molar-refractivity contribution < 1.29 is 9.59 Å². The summed E-state index contributed by atoms with van der Waals surface area (Å²) in [6.45, 7) is 1.79. The van der Waals surface area contributed by atoms with E-state index in [4.69, 9.17) is 11.6 Å². The van der Waals surface area contributed by atoms with Gasteiger partial charge in [-0.1, -0.05) is 18.5 Å². The molecule has 1 atom stereocenters. The number of pyridine rings is 1. The van der Waals surface area contributed by atoms with Crippen molar-refractivity contribution in [2.45, 2.75) is 19.4 Å². The van der Waals surface area contributed by atoms with E-state index in [0.717, 1.165) is 0 Å². The molecule has 0 spiro atoms. The third kappa shape index (κ3) is 3.39. The number of aromatic nitrogens is 1. The van der Waals surface area contributed by atoms with Gasteiger partial charge in [0.2, 0.25) is 11.8 Å². The molecule has 1 aliphatic rings. The van der Waals surface area contributed by atoms with Crippen LogP contribution < -0.4 is 5.32 Å². The molecule has 0 bridgehead atoms. The number of hydrogen-bond donors (Lipinski definition) is 1. The maximum absolute atomic E-state index is 12.1. The zero-order valence-corrected chi connectivity index (χ0v) is 12.0. The lowest BCUT2D eigenvalue weighted by molar-refractivity contribution is -0.135. The molecule has 1 saturated heterocycles. The molecule has 1 aromatic rings. The predicted octanol–water partition coefficient (Wildman–Crippen LogP) is 1.98. The molecule has 2 rings (SSSR count). The highest BCUT2D eigenvalue weighted by atomic mass is 35.5. The number of halogens is 1. The first-order valence-corrected chi connectivity index (χ1v) is 7.44. The van der Waals surface area contributed by atoms with Crippen LogP contribution in [0.3, 0.4) is 0 Å². The van der Waals surface area contributed by atoms with Crippen molar-refractivity contribution in [2.24, 2.45) is 0 Å². The molecule has 2 heterocycles. The summed E-state index contributed by atoms with van der Waals surface area (Å²) in [4.78, 5) is 29.5. The largest absolute Gasteiger partial charge is 0.321 e. The van der Waals surface area contributed by atoms with Crippen LogP contribution in [0.4, 0.5) is 5.82 Å². The molecule has 102 valence electrons. The fourth-order valence-electron chi connectivity index (χ4n) is 1.77. The van der Waals surface area contributed by atoms with Crippen LogP contribution in [0.1, 0.15) is 13.3 Å². The van der Waals surface area contributed by atoms with Crippen molar-refractivity contribution in [1.82, 2.24) is 9.88 Å². The SMILES string of the molecule is CCC(=O)N1CSCC1C(=O)Nc1ccc(Cl)cn1. The first kappa shape index (κ1) is 14.1. The lowest BCUT2D eigenvalue weighted by Crippen LogP contribution is -2.44. The molecule has 19 heavy (non-hydrogen) atoms. The standard InChI is InChI=1S/C12H14ClN3O2S/c1-2-11(17)16-7-19-6-9(16)12(18)15-10-4-3-8(13)5-14-10/h3-5,9H,2,6-7H2,1H3,(H,14,15,18). The highest BCUT2D eigenvalue weighted by molar-refractivity contribution is 7.99. The zero-order valence-electron chi connectivity index (χ0n) is 10.4.